The average Bonchev–Trinajstić information content (AvgIpc) is 2.65. The number of ether oxygens (including phenoxy) is 2. The molecule has 0 aliphatic rings. The highest BCUT2D eigenvalue weighted by Gasteiger charge is 2.05. The number of phenolic OH excluding ortho intramolecular Hbond substituents is 1. The summed E-state index contributed by atoms with van der Waals surface area (Å²) in [5.74, 6) is 0.476. The fourth-order valence-electron chi connectivity index (χ4n) is 2.19. The lowest BCUT2D eigenvalue weighted by molar-refractivity contribution is -0.121. The van der Waals surface area contributed by atoms with Crippen LogP contribution in [0.1, 0.15) is 17.5 Å². The van der Waals surface area contributed by atoms with Crippen molar-refractivity contribution in [1.82, 2.24) is 0 Å². The van der Waals surface area contributed by atoms with Gasteiger partial charge in [-0.05, 0) is 47.5 Å². The van der Waals surface area contributed by atoms with Crippen molar-refractivity contribution in [2.24, 2.45) is 0 Å². The van der Waals surface area contributed by atoms with E-state index in [9.17, 15) is 14.7 Å². The number of aromatic hydroxyl groups is 1. The zero-order valence-corrected chi connectivity index (χ0v) is 14.6. The Morgan fingerprint density at radius 2 is 1.46 bits per heavy atom. The molecule has 0 radical (unpaired) electrons. The Labute approximate surface area is 152 Å². The minimum Gasteiger partial charge on any atom is -0.504 e. The van der Waals surface area contributed by atoms with E-state index >= 15 is 0 Å². The molecule has 0 aromatic heterocycles. The zero-order valence-electron chi connectivity index (χ0n) is 14.6. The molecule has 0 saturated carbocycles. The van der Waals surface area contributed by atoms with E-state index in [-0.39, 0.29) is 23.7 Å². The van der Waals surface area contributed by atoms with Gasteiger partial charge in [0.15, 0.2) is 23.1 Å². The topological polar surface area (TPSA) is 72.8 Å². The van der Waals surface area contributed by atoms with Crippen molar-refractivity contribution in [3.63, 3.8) is 0 Å². The Hall–Kier alpha value is -3.34. The van der Waals surface area contributed by atoms with Crippen molar-refractivity contribution in [1.29, 1.82) is 0 Å². The van der Waals surface area contributed by atoms with Crippen LogP contribution in [0.3, 0.4) is 0 Å². The maximum Gasteiger partial charge on any atom is 0.163 e. The van der Waals surface area contributed by atoms with Crippen LogP contribution in [0.5, 0.6) is 17.2 Å². The fraction of sp³-hybridized carbons (Fsp3) is 0.143. The maximum absolute atomic E-state index is 11.9. The molecular formula is C21H20O5. The first kappa shape index (κ1) is 19.0. The van der Waals surface area contributed by atoms with Crippen LogP contribution in [0.15, 0.2) is 54.6 Å². The van der Waals surface area contributed by atoms with Gasteiger partial charge in [-0.25, -0.2) is 0 Å². The van der Waals surface area contributed by atoms with Crippen LogP contribution >= 0.6 is 0 Å². The lowest BCUT2D eigenvalue weighted by atomic mass is 10.1. The third-order valence-corrected chi connectivity index (χ3v) is 3.59. The Morgan fingerprint density at radius 1 is 0.885 bits per heavy atom. The van der Waals surface area contributed by atoms with Gasteiger partial charge in [0, 0.05) is 0 Å². The van der Waals surface area contributed by atoms with Crippen LogP contribution in [0, 0.1) is 0 Å². The molecule has 1 N–H and O–H groups in total. The first-order chi connectivity index (χ1) is 12.5. The minimum atomic E-state index is -0.315. The molecule has 0 spiro atoms. The standard InChI is InChI=1S/C21H20O5/c1-25-19-10-5-15(6-11-19)3-8-17(22)14-18(23)9-4-16-7-12-21(26-2)20(24)13-16/h3-13,24H,14H2,1-2H3. The molecular weight excluding hydrogens is 332 g/mol. The van der Waals surface area contributed by atoms with Gasteiger partial charge in [0.05, 0.1) is 20.6 Å². The van der Waals surface area contributed by atoms with Crippen LogP contribution in [0.25, 0.3) is 12.2 Å². The predicted molar refractivity (Wildman–Crippen MR) is 100 cm³/mol. The number of benzene rings is 2. The van der Waals surface area contributed by atoms with Crippen LogP contribution in [-0.2, 0) is 9.59 Å². The molecule has 2 aromatic carbocycles. The first-order valence-electron chi connectivity index (χ1n) is 7.94. The number of carbonyl (C=O) groups is 2. The van der Waals surface area contributed by atoms with Crippen LogP contribution in [0.2, 0.25) is 0 Å². The van der Waals surface area contributed by atoms with E-state index in [4.69, 9.17) is 9.47 Å². The molecule has 0 heterocycles. The number of methoxy groups -OCH3 is 2. The van der Waals surface area contributed by atoms with E-state index in [0.29, 0.717) is 11.3 Å². The predicted octanol–water partition coefficient (Wildman–Crippen LogP) is 3.66. The Balaban J connectivity index is 1.90. The molecule has 134 valence electrons. The highest BCUT2D eigenvalue weighted by molar-refractivity contribution is 6.10. The van der Waals surface area contributed by atoms with Gasteiger partial charge in [-0.15, -0.1) is 0 Å². The van der Waals surface area contributed by atoms with Crippen LogP contribution in [-0.4, -0.2) is 30.9 Å². The molecule has 26 heavy (non-hydrogen) atoms. The Bertz CT molecular complexity index is 832. The molecule has 0 aliphatic carbocycles. The van der Waals surface area contributed by atoms with E-state index in [2.05, 4.69) is 0 Å². The summed E-state index contributed by atoms with van der Waals surface area (Å²) in [5.41, 5.74) is 1.48. The maximum atomic E-state index is 11.9. The molecule has 0 fully saturated rings. The molecule has 2 aromatic rings. The quantitative estimate of drug-likeness (QED) is 0.580. The summed E-state index contributed by atoms with van der Waals surface area (Å²) in [6.07, 6.45) is 5.68. The monoisotopic (exact) mass is 352 g/mol. The van der Waals surface area contributed by atoms with Gasteiger partial charge in [-0.3, -0.25) is 9.59 Å². The Morgan fingerprint density at radius 3 is 2.00 bits per heavy atom. The molecule has 0 bridgehead atoms. The third kappa shape index (κ3) is 5.63. The summed E-state index contributed by atoms with van der Waals surface area (Å²) in [6, 6.07) is 12.0. The second-order valence-electron chi connectivity index (χ2n) is 5.48. The Kier molecular flexibility index (Phi) is 6.74. The average molecular weight is 352 g/mol. The molecule has 2 rings (SSSR count). The minimum absolute atomic E-state index is 0.0133. The van der Waals surface area contributed by atoms with Gasteiger partial charge in [0.2, 0.25) is 0 Å². The summed E-state index contributed by atoms with van der Waals surface area (Å²) in [6.45, 7) is 0. The molecule has 0 atom stereocenters. The lowest BCUT2D eigenvalue weighted by Crippen LogP contribution is -2.01. The molecule has 0 aliphatic heterocycles. The second kappa shape index (κ2) is 9.22. The van der Waals surface area contributed by atoms with Gasteiger partial charge in [0.1, 0.15) is 5.75 Å². The molecule has 0 unspecified atom stereocenters. The highest BCUT2D eigenvalue weighted by atomic mass is 16.5. The summed E-state index contributed by atoms with van der Waals surface area (Å²) < 4.78 is 10.0. The zero-order chi connectivity index (χ0) is 18.9. The largest absolute Gasteiger partial charge is 0.504 e. The summed E-state index contributed by atoms with van der Waals surface area (Å²) in [4.78, 5) is 23.8. The number of rotatable bonds is 8. The number of carbonyl (C=O) groups excluding carboxylic acids is 2. The summed E-state index contributed by atoms with van der Waals surface area (Å²) in [5, 5.41) is 9.70. The third-order valence-electron chi connectivity index (χ3n) is 3.59. The van der Waals surface area contributed by atoms with Crippen molar-refractivity contribution in [3.8, 4) is 17.2 Å². The van der Waals surface area contributed by atoms with Crippen molar-refractivity contribution in [3.05, 3.63) is 65.7 Å². The van der Waals surface area contributed by atoms with E-state index in [0.717, 1.165) is 11.3 Å². The van der Waals surface area contributed by atoms with Crippen molar-refractivity contribution in [2.45, 2.75) is 6.42 Å². The number of ketones is 2. The van der Waals surface area contributed by atoms with Crippen molar-refractivity contribution < 1.29 is 24.2 Å². The van der Waals surface area contributed by atoms with E-state index in [1.54, 1.807) is 43.5 Å². The first-order valence-corrected chi connectivity index (χ1v) is 7.94. The van der Waals surface area contributed by atoms with Gasteiger partial charge in [0.25, 0.3) is 0 Å². The van der Waals surface area contributed by atoms with Gasteiger partial charge in [-0.1, -0.05) is 30.4 Å². The van der Waals surface area contributed by atoms with Crippen molar-refractivity contribution in [2.75, 3.05) is 14.2 Å². The highest BCUT2D eigenvalue weighted by Crippen LogP contribution is 2.26. The van der Waals surface area contributed by atoms with Gasteiger partial charge in [-0.2, -0.15) is 0 Å². The van der Waals surface area contributed by atoms with Crippen LogP contribution < -0.4 is 9.47 Å². The van der Waals surface area contributed by atoms with Crippen molar-refractivity contribution >= 4 is 23.7 Å². The fourth-order valence-corrected chi connectivity index (χ4v) is 2.19. The normalized spacial score (nSPS) is 11.0. The number of hydrogen-bond acceptors (Lipinski definition) is 5. The summed E-state index contributed by atoms with van der Waals surface area (Å²) >= 11 is 0. The van der Waals surface area contributed by atoms with E-state index < -0.39 is 0 Å². The number of hydrogen-bond donors (Lipinski definition) is 1. The number of allylic oxidation sites excluding steroid dienone is 2. The van der Waals surface area contributed by atoms with E-state index in [1.807, 2.05) is 12.1 Å². The second-order valence-corrected chi connectivity index (χ2v) is 5.48. The summed E-state index contributed by atoms with van der Waals surface area (Å²) in [7, 11) is 3.04. The molecule has 0 amide bonds. The molecule has 0 saturated heterocycles. The van der Waals surface area contributed by atoms with Gasteiger partial charge >= 0.3 is 0 Å². The SMILES string of the molecule is COc1ccc(C=CC(=O)CC(=O)C=Cc2ccc(OC)c(O)c2)cc1. The van der Waals surface area contributed by atoms with Gasteiger partial charge < -0.3 is 14.6 Å². The molecule has 5 heteroatoms. The lowest BCUT2D eigenvalue weighted by Gasteiger charge is -2.03. The number of phenols is 1. The molecule has 5 nitrogen and oxygen atoms in total. The van der Waals surface area contributed by atoms with E-state index in [1.165, 1.54) is 25.3 Å². The van der Waals surface area contributed by atoms with Crippen LogP contribution in [0.4, 0.5) is 0 Å². The smallest absolute Gasteiger partial charge is 0.163 e.